The standard InChI is InChI=1S/C14H9FIN3O/c15-9-1-2-10(11(16)7-9)13-12(14(17)19-20-13)8-3-5-18-6-4-8/h1-7H,(H2,17,19). The molecule has 1 aromatic carbocycles. The van der Waals surface area contributed by atoms with E-state index in [1.165, 1.54) is 12.1 Å². The van der Waals surface area contributed by atoms with Crippen LogP contribution in [0.3, 0.4) is 0 Å². The number of rotatable bonds is 2. The van der Waals surface area contributed by atoms with Gasteiger partial charge < -0.3 is 10.3 Å². The summed E-state index contributed by atoms with van der Waals surface area (Å²) in [4.78, 5) is 3.97. The minimum Gasteiger partial charge on any atom is -0.380 e. The number of pyridine rings is 1. The molecular formula is C14H9FIN3O. The van der Waals surface area contributed by atoms with E-state index in [0.29, 0.717) is 17.1 Å². The maximum atomic E-state index is 13.2. The third-order valence-electron chi connectivity index (χ3n) is 2.86. The second-order valence-corrected chi connectivity index (χ2v) is 5.29. The molecule has 100 valence electrons. The van der Waals surface area contributed by atoms with Crippen molar-refractivity contribution in [3.63, 3.8) is 0 Å². The first-order valence-electron chi connectivity index (χ1n) is 5.78. The highest BCUT2D eigenvalue weighted by Gasteiger charge is 2.19. The summed E-state index contributed by atoms with van der Waals surface area (Å²) in [6.07, 6.45) is 3.34. The van der Waals surface area contributed by atoms with Crippen molar-refractivity contribution in [1.82, 2.24) is 10.1 Å². The molecule has 0 saturated heterocycles. The number of anilines is 1. The Morgan fingerprint density at radius 3 is 2.60 bits per heavy atom. The van der Waals surface area contributed by atoms with Gasteiger partial charge in [0.15, 0.2) is 11.6 Å². The molecule has 0 radical (unpaired) electrons. The first-order chi connectivity index (χ1) is 9.66. The Morgan fingerprint density at radius 1 is 1.15 bits per heavy atom. The molecule has 0 fully saturated rings. The third-order valence-corrected chi connectivity index (χ3v) is 3.76. The minimum absolute atomic E-state index is 0.295. The lowest BCUT2D eigenvalue weighted by Gasteiger charge is -2.04. The topological polar surface area (TPSA) is 64.9 Å². The van der Waals surface area contributed by atoms with Gasteiger partial charge in [-0.1, -0.05) is 5.16 Å². The number of benzene rings is 1. The van der Waals surface area contributed by atoms with Crippen LogP contribution in [0.2, 0.25) is 0 Å². The maximum Gasteiger partial charge on any atom is 0.177 e. The Morgan fingerprint density at radius 2 is 1.90 bits per heavy atom. The Balaban J connectivity index is 2.21. The number of hydrogen-bond donors (Lipinski definition) is 1. The summed E-state index contributed by atoms with van der Waals surface area (Å²) in [5.41, 5.74) is 8.19. The van der Waals surface area contributed by atoms with E-state index < -0.39 is 0 Å². The smallest absolute Gasteiger partial charge is 0.177 e. The van der Waals surface area contributed by atoms with Crippen molar-refractivity contribution in [2.45, 2.75) is 0 Å². The van der Waals surface area contributed by atoms with Gasteiger partial charge in [0.05, 0.1) is 5.56 Å². The number of nitrogen functional groups attached to an aromatic ring is 1. The van der Waals surface area contributed by atoms with Gasteiger partial charge in [-0.3, -0.25) is 4.98 Å². The van der Waals surface area contributed by atoms with Crippen molar-refractivity contribution in [3.8, 4) is 22.5 Å². The molecule has 3 rings (SSSR count). The molecule has 0 saturated carbocycles. The van der Waals surface area contributed by atoms with E-state index in [-0.39, 0.29) is 5.82 Å². The summed E-state index contributed by atoms with van der Waals surface area (Å²) >= 11 is 2.05. The zero-order valence-electron chi connectivity index (χ0n) is 10.2. The van der Waals surface area contributed by atoms with Crippen molar-refractivity contribution in [2.75, 3.05) is 5.73 Å². The lowest BCUT2D eigenvalue weighted by atomic mass is 10.0. The maximum absolute atomic E-state index is 13.2. The number of nitrogens with zero attached hydrogens (tertiary/aromatic N) is 2. The Kier molecular flexibility index (Phi) is 3.39. The Hall–Kier alpha value is -1.96. The van der Waals surface area contributed by atoms with Crippen LogP contribution in [-0.2, 0) is 0 Å². The van der Waals surface area contributed by atoms with Crippen molar-refractivity contribution < 1.29 is 8.91 Å². The predicted molar refractivity (Wildman–Crippen MR) is 82.3 cm³/mol. The van der Waals surface area contributed by atoms with Crippen LogP contribution in [0.15, 0.2) is 47.2 Å². The van der Waals surface area contributed by atoms with Gasteiger partial charge in [-0.05, 0) is 58.5 Å². The molecule has 0 atom stereocenters. The fourth-order valence-corrected chi connectivity index (χ4v) is 2.68. The summed E-state index contributed by atoms with van der Waals surface area (Å²) in [6, 6.07) is 8.12. The molecule has 0 spiro atoms. The molecule has 20 heavy (non-hydrogen) atoms. The van der Waals surface area contributed by atoms with Gasteiger partial charge in [0.25, 0.3) is 0 Å². The monoisotopic (exact) mass is 381 g/mol. The van der Waals surface area contributed by atoms with Gasteiger partial charge in [-0.2, -0.15) is 0 Å². The summed E-state index contributed by atoms with van der Waals surface area (Å²) in [5, 5.41) is 3.82. The number of nitrogens with two attached hydrogens (primary N) is 1. The molecule has 0 aliphatic heterocycles. The van der Waals surface area contributed by atoms with Crippen LogP contribution < -0.4 is 5.73 Å². The minimum atomic E-state index is -0.295. The second-order valence-electron chi connectivity index (χ2n) is 4.13. The fourth-order valence-electron chi connectivity index (χ4n) is 1.96. The Bertz CT molecular complexity index is 758. The highest BCUT2D eigenvalue weighted by Crippen LogP contribution is 2.38. The van der Waals surface area contributed by atoms with E-state index in [1.54, 1.807) is 18.5 Å². The quantitative estimate of drug-likeness (QED) is 0.688. The molecule has 0 unspecified atom stereocenters. The summed E-state index contributed by atoms with van der Waals surface area (Å²) in [5.74, 6) is 0.528. The first-order valence-corrected chi connectivity index (χ1v) is 6.85. The van der Waals surface area contributed by atoms with Crippen LogP contribution in [0.25, 0.3) is 22.5 Å². The molecule has 0 aliphatic carbocycles. The molecular weight excluding hydrogens is 372 g/mol. The van der Waals surface area contributed by atoms with Crippen LogP contribution in [0.4, 0.5) is 10.2 Å². The summed E-state index contributed by atoms with van der Waals surface area (Å²) in [6.45, 7) is 0. The molecule has 2 N–H and O–H groups in total. The van der Waals surface area contributed by atoms with Crippen molar-refractivity contribution in [3.05, 3.63) is 52.1 Å². The lowest BCUT2D eigenvalue weighted by Crippen LogP contribution is -1.90. The number of aromatic nitrogens is 2. The largest absolute Gasteiger partial charge is 0.380 e. The SMILES string of the molecule is Nc1noc(-c2ccc(F)cc2I)c1-c1ccncc1. The van der Waals surface area contributed by atoms with Crippen LogP contribution >= 0.6 is 22.6 Å². The number of hydrogen-bond acceptors (Lipinski definition) is 4. The van der Waals surface area contributed by atoms with Gasteiger partial charge >= 0.3 is 0 Å². The van der Waals surface area contributed by atoms with Crippen LogP contribution in [0, 0.1) is 9.39 Å². The van der Waals surface area contributed by atoms with E-state index in [2.05, 4.69) is 32.7 Å². The van der Waals surface area contributed by atoms with Gasteiger partial charge in [0.2, 0.25) is 0 Å². The second kappa shape index (κ2) is 5.20. The molecule has 0 amide bonds. The van der Waals surface area contributed by atoms with Crippen molar-refractivity contribution in [2.24, 2.45) is 0 Å². The van der Waals surface area contributed by atoms with Gasteiger partial charge in [0, 0.05) is 21.5 Å². The normalized spacial score (nSPS) is 10.7. The van der Waals surface area contributed by atoms with Crippen molar-refractivity contribution in [1.29, 1.82) is 0 Å². The summed E-state index contributed by atoms with van der Waals surface area (Å²) in [7, 11) is 0. The summed E-state index contributed by atoms with van der Waals surface area (Å²) < 4.78 is 19.3. The van der Waals surface area contributed by atoms with E-state index in [4.69, 9.17) is 10.3 Å². The fraction of sp³-hybridized carbons (Fsp3) is 0. The van der Waals surface area contributed by atoms with E-state index in [9.17, 15) is 4.39 Å². The van der Waals surface area contributed by atoms with Crippen molar-refractivity contribution >= 4 is 28.4 Å². The molecule has 0 aliphatic rings. The highest BCUT2D eigenvalue weighted by molar-refractivity contribution is 14.1. The van der Waals surface area contributed by atoms with Crippen LogP contribution in [0.5, 0.6) is 0 Å². The van der Waals surface area contributed by atoms with Gasteiger partial charge in [0.1, 0.15) is 5.82 Å². The first kappa shape index (κ1) is 13.0. The molecule has 6 heteroatoms. The molecule has 0 bridgehead atoms. The van der Waals surface area contributed by atoms with Gasteiger partial charge in [-0.25, -0.2) is 4.39 Å². The van der Waals surface area contributed by atoms with E-state index in [1.807, 2.05) is 12.1 Å². The zero-order valence-corrected chi connectivity index (χ0v) is 12.3. The average molecular weight is 381 g/mol. The number of halogens is 2. The molecule has 4 nitrogen and oxygen atoms in total. The third kappa shape index (κ3) is 2.26. The van der Waals surface area contributed by atoms with Crippen LogP contribution in [-0.4, -0.2) is 10.1 Å². The Labute approximate surface area is 127 Å². The predicted octanol–water partition coefficient (Wildman–Crippen LogP) is 3.73. The average Bonchev–Trinajstić information content (AvgIpc) is 2.81. The van der Waals surface area contributed by atoms with E-state index >= 15 is 0 Å². The van der Waals surface area contributed by atoms with Crippen LogP contribution in [0.1, 0.15) is 0 Å². The molecule has 2 aromatic heterocycles. The van der Waals surface area contributed by atoms with E-state index in [0.717, 1.165) is 14.7 Å². The zero-order chi connectivity index (χ0) is 14.1. The molecule has 3 aromatic rings. The lowest BCUT2D eigenvalue weighted by molar-refractivity contribution is 0.436. The van der Waals surface area contributed by atoms with Gasteiger partial charge in [-0.15, -0.1) is 0 Å². The molecule has 2 heterocycles. The highest BCUT2D eigenvalue weighted by atomic mass is 127.